The summed E-state index contributed by atoms with van der Waals surface area (Å²) < 4.78 is 0. The van der Waals surface area contributed by atoms with Crippen molar-refractivity contribution in [2.45, 2.75) is 64.8 Å². The molecule has 0 aliphatic heterocycles. The van der Waals surface area contributed by atoms with Gasteiger partial charge >= 0.3 is 0 Å². The fourth-order valence-electron chi connectivity index (χ4n) is 2.49. The lowest BCUT2D eigenvalue weighted by Crippen LogP contribution is -2.42. The van der Waals surface area contributed by atoms with E-state index in [0.717, 1.165) is 30.2 Å². The average Bonchev–Trinajstić information content (AvgIpc) is 2.34. The normalized spacial score (nSPS) is 15.9. The first-order valence-electron chi connectivity index (χ1n) is 7.76. The van der Waals surface area contributed by atoms with Crippen LogP contribution < -0.4 is 4.90 Å². The van der Waals surface area contributed by atoms with Crippen LogP contribution in [-0.2, 0) is 5.41 Å². The predicted molar refractivity (Wildman–Crippen MR) is 87.2 cm³/mol. The summed E-state index contributed by atoms with van der Waals surface area (Å²) in [4.78, 5) is 11.6. The monoisotopic (exact) mass is 311 g/mol. The largest absolute Gasteiger partial charge is 0.396 e. The van der Waals surface area contributed by atoms with Gasteiger partial charge in [0.1, 0.15) is 16.8 Å². The SMILES string of the molecule is Cc1c(Cl)nc(C(C)(C)C)nc1N(CCCO)C1CCC1. The maximum absolute atomic E-state index is 9.16. The van der Waals surface area contributed by atoms with Gasteiger partial charge in [0.15, 0.2) is 0 Å². The molecule has 1 aliphatic carbocycles. The second-order valence-corrected chi connectivity index (χ2v) is 7.25. The van der Waals surface area contributed by atoms with Crippen molar-refractivity contribution in [1.82, 2.24) is 9.97 Å². The van der Waals surface area contributed by atoms with Crippen molar-refractivity contribution in [3.8, 4) is 0 Å². The Bertz CT molecular complexity index is 495. The van der Waals surface area contributed by atoms with Gasteiger partial charge in [0.05, 0.1) is 0 Å². The molecular weight excluding hydrogens is 286 g/mol. The highest BCUT2D eigenvalue weighted by Crippen LogP contribution is 2.34. The first-order valence-corrected chi connectivity index (χ1v) is 8.14. The van der Waals surface area contributed by atoms with E-state index in [1.54, 1.807) is 0 Å². The number of aromatic nitrogens is 2. The van der Waals surface area contributed by atoms with Crippen molar-refractivity contribution in [2.75, 3.05) is 18.1 Å². The van der Waals surface area contributed by atoms with E-state index < -0.39 is 0 Å². The molecule has 5 heteroatoms. The molecule has 0 spiro atoms. The zero-order chi connectivity index (χ0) is 15.6. The summed E-state index contributed by atoms with van der Waals surface area (Å²) in [6.07, 6.45) is 4.40. The van der Waals surface area contributed by atoms with Crippen molar-refractivity contribution in [3.05, 3.63) is 16.5 Å². The van der Waals surface area contributed by atoms with E-state index in [0.29, 0.717) is 11.2 Å². The van der Waals surface area contributed by atoms with Crippen LogP contribution >= 0.6 is 11.6 Å². The summed E-state index contributed by atoms with van der Waals surface area (Å²) in [5, 5.41) is 9.70. The van der Waals surface area contributed by atoms with Gasteiger partial charge in [-0.1, -0.05) is 32.4 Å². The van der Waals surface area contributed by atoms with Gasteiger partial charge in [0, 0.05) is 30.2 Å². The molecule has 0 aromatic carbocycles. The molecule has 1 aromatic rings. The van der Waals surface area contributed by atoms with Crippen LogP contribution in [0.25, 0.3) is 0 Å². The molecule has 1 fully saturated rings. The molecule has 0 saturated heterocycles. The predicted octanol–water partition coefficient (Wildman–Crippen LogP) is 3.48. The number of aliphatic hydroxyl groups is 1. The van der Waals surface area contributed by atoms with Crippen LogP contribution in [0, 0.1) is 6.92 Å². The Hall–Kier alpha value is -0.870. The van der Waals surface area contributed by atoms with Crippen LogP contribution in [0.3, 0.4) is 0 Å². The Morgan fingerprint density at radius 2 is 1.95 bits per heavy atom. The van der Waals surface area contributed by atoms with Crippen molar-refractivity contribution in [3.63, 3.8) is 0 Å². The van der Waals surface area contributed by atoms with E-state index in [9.17, 15) is 0 Å². The maximum Gasteiger partial charge on any atom is 0.137 e. The minimum atomic E-state index is -0.131. The lowest BCUT2D eigenvalue weighted by atomic mass is 9.91. The molecule has 0 atom stereocenters. The third-order valence-corrected chi connectivity index (χ3v) is 4.44. The Morgan fingerprint density at radius 3 is 2.43 bits per heavy atom. The van der Waals surface area contributed by atoms with Crippen molar-refractivity contribution >= 4 is 17.4 Å². The van der Waals surface area contributed by atoms with Crippen LogP contribution in [0.2, 0.25) is 5.15 Å². The second-order valence-electron chi connectivity index (χ2n) is 6.89. The van der Waals surface area contributed by atoms with Crippen molar-refractivity contribution in [2.24, 2.45) is 0 Å². The zero-order valence-electron chi connectivity index (χ0n) is 13.5. The van der Waals surface area contributed by atoms with E-state index in [1.807, 2.05) is 6.92 Å². The average molecular weight is 312 g/mol. The quantitative estimate of drug-likeness (QED) is 0.846. The fourth-order valence-corrected chi connectivity index (χ4v) is 2.66. The first-order chi connectivity index (χ1) is 9.84. The Morgan fingerprint density at radius 1 is 1.29 bits per heavy atom. The first kappa shape index (κ1) is 16.5. The minimum Gasteiger partial charge on any atom is -0.396 e. The fraction of sp³-hybridized carbons (Fsp3) is 0.750. The molecular formula is C16H26ClN3O. The number of halogens is 1. The lowest BCUT2D eigenvalue weighted by molar-refractivity contribution is 0.282. The van der Waals surface area contributed by atoms with E-state index in [1.165, 1.54) is 19.3 Å². The maximum atomic E-state index is 9.16. The number of anilines is 1. The standard InChI is InChI=1S/C16H26ClN3O/c1-11-13(17)18-15(16(2,3)4)19-14(11)20(9-6-10-21)12-7-5-8-12/h12,21H,5-10H2,1-4H3. The number of hydrogen-bond acceptors (Lipinski definition) is 4. The molecule has 4 nitrogen and oxygen atoms in total. The summed E-state index contributed by atoms with van der Waals surface area (Å²) >= 11 is 6.34. The van der Waals surface area contributed by atoms with E-state index in [-0.39, 0.29) is 12.0 Å². The minimum absolute atomic E-state index is 0.131. The van der Waals surface area contributed by atoms with E-state index >= 15 is 0 Å². The van der Waals surface area contributed by atoms with Crippen LogP contribution in [0.4, 0.5) is 5.82 Å². The number of aliphatic hydroxyl groups excluding tert-OH is 1. The Kier molecular flexibility index (Phi) is 5.10. The molecule has 1 saturated carbocycles. The van der Waals surface area contributed by atoms with Gasteiger partial charge in [-0.3, -0.25) is 0 Å². The van der Waals surface area contributed by atoms with Gasteiger partial charge in [0.25, 0.3) is 0 Å². The van der Waals surface area contributed by atoms with Crippen molar-refractivity contribution < 1.29 is 5.11 Å². The summed E-state index contributed by atoms with van der Waals surface area (Å²) in [5.41, 5.74) is 0.809. The highest BCUT2D eigenvalue weighted by molar-refractivity contribution is 6.30. The number of rotatable bonds is 5. The van der Waals surface area contributed by atoms with Gasteiger partial charge in [0.2, 0.25) is 0 Å². The van der Waals surface area contributed by atoms with E-state index in [4.69, 9.17) is 21.7 Å². The van der Waals surface area contributed by atoms with Gasteiger partial charge in [-0.15, -0.1) is 0 Å². The van der Waals surface area contributed by atoms with Crippen LogP contribution in [0.15, 0.2) is 0 Å². The molecule has 21 heavy (non-hydrogen) atoms. The molecule has 1 aromatic heterocycles. The molecule has 118 valence electrons. The molecule has 2 rings (SSSR count). The summed E-state index contributed by atoms with van der Waals surface area (Å²) in [5.74, 6) is 1.72. The topological polar surface area (TPSA) is 49.2 Å². The van der Waals surface area contributed by atoms with Gasteiger partial charge in [-0.2, -0.15) is 0 Å². The molecule has 0 radical (unpaired) electrons. The highest BCUT2D eigenvalue weighted by Gasteiger charge is 2.29. The van der Waals surface area contributed by atoms with Crippen molar-refractivity contribution in [1.29, 1.82) is 0 Å². The van der Waals surface area contributed by atoms with Crippen LogP contribution in [-0.4, -0.2) is 34.3 Å². The lowest BCUT2D eigenvalue weighted by Gasteiger charge is -2.39. The van der Waals surface area contributed by atoms with E-state index in [2.05, 4.69) is 30.7 Å². The van der Waals surface area contributed by atoms with Gasteiger partial charge < -0.3 is 10.0 Å². The molecule has 0 bridgehead atoms. The Balaban J connectivity index is 2.40. The molecule has 0 amide bonds. The smallest absolute Gasteiger partial charge is 0.137 e. The summed E-state index contributed by atoms with van der Waals surface area (Å²) in [6.45, 7) is 9.29. The van der Waals surface area contributed by atoms with Gasteiger partial charge in [-0.05, 0) is 32.6 Å². The molecule has 1 aliphatic rings. The third-order valence-electron chi connectivity index (χ3n) is 4.08. The molecule has 1 heterocycles. The molecule has 0 unspecified atom stereocenters. The van der Waals surface area contributed by atoms with Gasteiger partial charge in [-0.25, -0.2) is 9.97 Å². The summed E-state index contributed by atoms with van der Waals surface area (Å²) in [6, 6.07) is 0.522. The zero-order valence-corrected chi connectivity index (χ0v) is 14.2. The number of hydrogen-bond donors (Lipinski definition) is 1. The third kappa shape index (κ3) is 3.67. The van der Waals surface area contributed by atoms with Crippen LogP contribution in [0.5, 0.6) is 0 Å². The second kappa shape index (κ2) is 6.49. The molecule has 1 N–H and O–H groups in total. The summed E-state index contributed by atoms with van der Waals surface area (Å²) in [7, 11) is 0. The highest BCUT2D eigenvalue weighted by atomic mass is 35.5. The Labute approximate surface area is 132 Å². The van der Waals surface area contributed by atoms with Crippen LogP contribution in [0.1, 0.15) is 57.8 Å². The number of nitrogens with zero attached hydrogens (tertiary/aromatic N) is 3.